The Morgan fingerprint density at radius 1 is 1.56 bits per heavy atom. The van der Waals surface area contributed by atoms with Gasteiger partial charge in [0.25, 0.3) is 0 Å². The molecule has 0 spiro atoms. The van der Waals surface area contributed by atoms with E-state index < -0.39 is 0 Å². The highest BCUT2D eigenvalue weighted by Gasteiger charge is 2.57. The first-order valence-electron chi connectivity index (χ1n) is 3.46. The Bertz CT molecular complexity index is 172. The molecular weight excluding hydrogens is 114 g/mol. The number of nitrogens with zero attached hydrogens (tertiary/aromatic N) is 1. The van der Waals surface area contributed by atoms with E-state index in [0.717, 1.165) is 12.8 Å². The van der Waals surface area contributed by atoms with Crippen LogP contribution in [0.3, 0.4) is 0 Å². The van der Waals surface area contributed by atoms with Crippen molar-refractivity contribution in [1.82, 2.24) is 0 Å². The molecule has 0 amide bonds. The van der Waals surface area contributed by atoms with Gasteiger partial charge in [-0.3, -0.25) is 0 Å². The van der Waals surface area contributed by atoms with Crippen LogP contribution in [0.2, 0.25) is 0 Å². The molecule has 1 aliphatic heterocycles. The van der Waals surface area contributed by atoms with E-state index in [2.05, 4.69) is 6.07 Å². The molecule has 2 fully saturated rings. The Morgan fingerprint density at radius 3 is 3.00 bits per heavy atom. The zero-order valence-corrected chi connectivity index (χ0v) is 5.26. The molecular formula is C7H9NO. The van der Waals surface area contributed by atoms with Gasteiger partial charge in [-0.05, 0) is 19.3 Å². The van der Waals surface area contributed by atoms with E-state index >= 15 is 0 Å². The highest BCUT2D eigenvalue weighted by atomic mass is 16.6. The molecule has 0 bridgehead atoms. The highest BCUT2D eigenvalue weighted by molar-refractivity contribution is 5.19. The third-order valence-electron chi connectivity index (χ3n) is 2.27. The molecule has 1 heterocycles. The first-order chi connectivity index (χ1) is 4.37. The zero-order valence-electron chi connectivity index (χ0n) is 5.26. The van der Waals surface area contributed by atoms with Crippen molar-refractivity contribution in [3.8, 4) is 6.07 Å². The van der Waals surface area contributed by atoms with Gasteiger partial charge < -0.3 is 4.74 Å². The molecule has 2 atom stereocenters. The zero-order chi connectivity index (χ0) is 6.32. The number of hydrogen-bond acceptors (Lipinski definition) is 2. The standard InChI is InChI=1S/C7H9NO/c8-5-7-4-2-1-3-6(7)9-7/h6H,1-4H2. The molecule has 0 N–H and O–H groups in total. The molecule has 2 nitrogen and oxygen atoms in total. The maximum atomic E-state index is 8.62. The van der Waals surface area contributed by atoms with Crippen LogP contribution in [0.25, 0.3) is 0 Å². The lowest BCUT2D eigenvalue weighted by molar-refractivity contribution is 0.334. The van der Waals surface area contributed by atoms with Crippen LogP contribution < -0.4 is 0 Å². The summed E-state index contributed by atoms with van der Waals surface area (Å²) in [6.07, 6.45) is 4.79. The molecule has 1 saturated carbocycles. The summed E-state index contributed by atoms with van der Waals surface area (Å²) >= 11 is 0. The smallest absolute Gasteiger partial charge is 0.180 e. The fourth-order valence-electron chi connectivity index (χ4n) is 1.60. The molecule has 9 heavy (non-hydrogen) atoms. The van der Waals surface area contributed by atoms with Crippen molar-refractivity contribution in [2.45, 2.75) is 37.4 Å². The number of epoxide rings is 1. The summed E-state index contributed by atoms with van der Waals surface area (Å²) in [5.41, 5.74) is -0.307. The summed E-state index contributed by atoms with van der Waals surface area (Å²) < 4.78 is 5.25. The van der Waals surface area contributed by atoms with Crippen molar-refractivity contribution in [3.63, 3.8) is 0 Å². The first kappa shape index (κ1) is 5.25. The Morgan fingerprint density at radius 2 is 2.44 bits per heavy atom. The SMILES string of the molecule is N#CC12CCCCC1O2. The third kappa shape index (κ3) is 0.585. The molecule has 2 unspecified atom stereocenters. The van der Waals surface area contributed by atoms with Gasteiger partial charge in [-0.2, -0.15) is 5.26 Å². The topological polar surface area (TPSA) is 36.3 Å². The Balaban J connectivity index is 2.11. The minimum Gasteiger partial charge on any atom is -0.350 e. The highest BCUT2D eigenvalue weighted by Crippen LogP contribution is 2.46. The first-order valence-corrected chi connectivity index (χ1v) is 3.46. The van der Waals surface area contributed by atoms with Gasteiger partial charge in [0, 0.05) is 0 Å². The van der Waals surface area contributed by atoms with E-state index in [1.807, 2.05) is 0 Å². The number of nitriles is 1. The minimum absolute atomic E-state index is 0.302. The normalized spacial score (nSPS) is 47.2. The van der Waals surface area contributed by atoms with E-state index in [0.29, 0.717) is 6.10 Å². The molecule has 2 aliphatic rings. The molecule has 0 aromatic heterocycles. The molecule has 48 valence electrons. The number of ether oxygens (including phenoxy) is 1. The van der Waals surface area contributed by atoms with Crippen LogP contribution in [-0.2, 0) is 4.74 Å². The average Bonchev–Trinajstić information content (AvgIpc) is 2.62. The van der Waals surface area contributed by atoms with Crippen molar-refractivity contribution in [1.29, 1.82) is 5.26 Å². The van der Waals surface area contributed by atoms with Crippen molar-refractivity contribution in [3.05, 3.63) is 0 Å². The quantitative estimate of drug-likeness (QED) is 0.454. The molecule has 0 aromatic carbocycles. The fraction of sp³-hybridized carbons (Fsp3) is 0.857. The maximum absolute atomic E-state index is 8.62. The second-order valence-corrected chi connectivity index (χ2v) is 2.85. The number of fused-ring (bicyclic) bond motifs is 1. The van der Waals surface area contributed by atoms with Crippen molar-refractivity contribution in [2.24, 2.45) is 0 Å². The fourth-order valence-corrected chi connectivity index (χ4v) is 1.60. The predicted octanol–water partition coefficient (Wildman–Crippen LogP) is 1.22. The Labute approximate surface area is 54.4 Å². The molecule has 1 saturated heterocycles. The molecule has 0 radical (unpaired) electrons. The lowest BCUT2D eigenvalue weighted by atomic mass is 9.90. The lowest BCUT2D eigenvalue weighted by Crippen LogP contribution is -2.16. The van der Waals surface area contributed by atoms with Crippen molar-refractivity contribution in [2.75, 3.05) is 0 Å². The molecule has 2 heteroatoms. The summed E-state index contributed by atoms with van der Waals surface area (Å²) in [7, 11) is 0. The van der Waals surface area contributed by atoms with E-state index in [1.54, 1.807) is 0 Å². The van der Waals surface area contributed by atoms with Gasteiger partial charge in [-0.1, -0.05) is 6.42 Å². The van der Waals surface area contributed by atoms with Crippen molar-refractivity contribution < 1.29 is 4.74 Å². The summed E-state index contributed by atoms with van der Waals surface area (Å²) in [4.78, 5) is 0. The van der Waals surface area contributed by atoms with Gasteiger partial charge in [0.15, 0.2) is 5.60 Å². The van der Waals surface area contributed by atoms with E-state index in [4.69, 9.17) is 10.00 Å². The van der Waals surface area contributed by atoms with Gasteiger partial charge in [0.2, 0.25) is 0 Å². The van der Waals surface area contributed by atoms with Crippen LogP contribution in [0.5, 0.6) is 0 Å². The van der Waals surface area contributed by atoms with Gasteiger partial charge in [0.05, 0.1) is 0 Å². The molecule has 2 rings (SSSR count). The van der Waals surface area contributed by atoms with Gasteiger partial charge >= 0.3 is 0 Å². The maximum Gasteiger partial charge on any atom is 0.180 e. The van der Waals surface area contributed by atoms with Gasteiger partial charge in [-0.15, -0.1) is 0 Å². The lowest BCUT2D eigenvalue weighted by Gasteiger charge is -2.07. The van der Waals surface area contributed by atoms with Gasteiger partial charge in [0.1, 0.15) is 12.2 Å². The summed E-state index contributed by atoms with van der Waals surface area (Å²) in [5.74, 6) is 0. The van der Waals surface area contributed by atoms with Crippen LogP contribution in [0, 0.1) is 11.3 Å². The predicted molar refractivity (Wildman–Crippen MR) is 31.7 cm³/mol. The van der Waals surface area contributed by atoms with Crippen LogP contribution in [-0.4, -0.2) is 11.7 Å². The molecule has 1 aliphatic carbocycles. The summed E-state index contributed by atoms with van der Waals surface area (Å²) in [6.45, 7) is 0. The Kier molecular flexibility index (Phi) is 0.866. The van der Waals surface area contributed by atoms with Crippen LogP contribution in [0.4, 0.5) is 0 Å². The van der Waals surface area contributed by atoms with E-state index in [9.17, 15) is 0 Å². The monoisotopic (exact) mass is 123 g/mol. The average molecular weight is 123 g/mol. The Hall–Kier alpha value is -0.550. The second kappa shape index (κ2) is 1.48. The van der Waals surface area contributed by atoms with Gasteiger partial charge in [-0.25, -0.2) is 0 Å². The van der Waals surface area contributed by atoms with Crippen LogP contribution >= 0.6 is 0 Å². The van der Waals surface area contributed by atoms with Crippen molar-refractivity contribution >= 4 is 0 Å². The number of rotatable bonds is 0. The van der Waals surface area contributed by atoms with Crippen LogP contribution in [0.15, 0.2) is 0 Å². The number of hydrogen-bond donors (Lipinski definition) is 0. The molecule has 0 aromatic rings. The largest absolute Gasteiger partial charge is 0.350 e. The van der Waals surface area contributed by atoms with Crippen LogP contribution in [0.1, 0.15) is 25.7 Å². The minimum atomic E-state index is -0.307. The summed E-state index contributed by atoms with van der Waals surface area (Å²) in [5, 5.41) is 8.62. The van der Waals surface area contributed by atoms with E-state index in [1.165, 1.54) is 12.8 Å². The second-order valence-electron chi connectivity index (χ2n) is 2.85. The summed E-state index contributed by atoms with van der Waals surface area (Å²) in [6, 6.07) is 2.23. The third-order valence-corrected chi connectivity index (χ3v) is 2.27. The van der Waals surface area contributed by atoms with E-state index in [-0.39, 0.29) is 5.60 Å².